The van der Waals surface area contributed by atoms with Gasteiger partial charge in [0.2, 0.25) is 0 Å². The molecule has 0 aliphatic carbocycles. The van der Waals surface area contributed by atoms with E-state index in [2.05, 4.69) is 10.0 Å². The topological polar surface area (TPSA) is 227 Å². The Morgan fingerprint density at radius 1 is 0.557 bits per heavy atom. The van der Waals surface area contributed by atoms with Gasteiger partial charge in [0.1, 0.15) is 55.9 Å². The molecule has 414 valence electrons. The first-order valence-electron chi connectivity index (χ1n) is 26.4. The van der Waals surface area contributed by atoms with Crippen LogP contribution in [0.5, 0.6) is 0 Å². The van der Waals surface area contributed by atoms with E-state index in [1.54, 1.807) is 60.7 Å². The molecular formula is C61H66N4O14. The van der Waals surface area contributed by atoms with Gasteiger partial charge in [-0.1, -0.05) is 163 Å². The zero-order chi connectivity index (χ0) is 55.0. The number of rotatable bonds is 28. The Hall–Kier alpha value is -7.32. The van der Waals surface area contributed by atoms with E-state index in [-0.39, 0.29) is 50.1 Å². The summed E-state index contributed by atoms with van der Waals surface area (Å²) in [4.78, 5) is 45.9. The minimum Gasteiger partial charge on any atom is -0.460 e. The van der Waals surface area contributed by atoms with Gasteiger partial charge in [-0.15, -0.1) is 0 Å². The summed E-state index contributed by atoms with van der Waals surface area (Å²) in [6, 6.07) is 53.1. The Morgan fingerprint density at radius 3 is 1.65 bits per heavy atom. The highest BCUT2D eigenvalue weighted by atomic mass is 16.8. The zero-order valence-electron chi connectivity index (χ0n) is 43.7. The molecular weight excluding hydrogens is 1010 g/mol. The van der Waals surface area contributed by atoms with Gasteiger partial charge >= 0.3 is 17.9 Å². The molecule has 2 heterocycles. The standard InChI is InChI=1S/C61H66N4O14/c62-64-63-52-55(73-40-45-26-12-3-13-27-45)54(79-61-57(78-59(70)48-32-18-6-19-33-48)56(53(68)49(38-66)76-61)74-41-46-28-14-4-15-29-46)50(42-75-58(69)47-30-16-5-17-31-47)77-60(52)71-35-21-7-20-34-65(36-43-22-8-1-9-23-43)37-51(67)72-39-44-24-10-2-11-25-44/h1-6,8-19,22-33,49-50,52-57,60-61,66,68H,7,20-21,34-42H2/t49?,50?,52?,53-,54-,55?,56?,57?,60-,61+/m1/s1. The molecule has 6 aromatic rings. The van der Waals surface area contributed by atoms with Crippen molar-refractivity contribution in [2.24, 2.45) is 5.11 Å². The van der Waals surface area contributed by atoms with Crippen molar-refractivity contribution in [3.05, 3.63) is 226 Å². The number of aliphatic hydroxyl groups excluding tert-OH is 2. The van der Waals surface area contributed by atoms with Crippen LogP contribution < -0.4 is 0 Å². The summed E-state index contributed by atoms with van der Waals surface area (Å²) < 4.78 is 57.1. The average Bonchev–Trinajstić information content (AvgIpc) is 3.58. The van der Waals surface area contributed by atoms with Gasteiger partial charge < -0.3 is 52.8 Å². The number of hydrogen-bond acceptors (Lipinski definition) is 16. The van der Waals surface area contributed by atoms with Crippen molar-refractivity contribution in [3.63, 3.8) is 0 Å². The third-order valence-corrected chi connectivity index (χ3v) is 13.3. The normalized spacial score (nSPS) is 22.8. The van der Waals surface area contributed by atoms with Crippen LogP contribution in [0.15, 0.2) is 187 Å². The molecule has 6 aromatic carbocycles. The second-order valence-corrected chi connectivity index (χ2v) is 19.1. The largest absolute Gasteiger partial charge is 0.460 e. The molecule has 0 bridgehead atoms. The highest BCUT2D eigenvalue weighted by Gasteiger charge is 2.54. The van der Waals surface area contributed by atoms with Gasteiger partial charge in [-0.3, -0.25) is 9.69 Å². The van der Waals surface area contributed by atoms with E-state index in [9.17, 15) is 30.1 Å². The second-order valence-electron chi connectivity index (χ2n) is 19.1. The second kappa shape index (κ2) is 30.7. The summed E-state index contributed by atoms with van der Waals surface area (Å²) in [5.74, 6) is -1.80. The van der Waals surface area contributed by atoms with Crippen molar-refractivity contribution >= 4 is 17.9 Å². The van der Waals surface area contributed by atoms with Crippen molar-refractivity contribution in [1.82, 2.24) is 4.90 Å². The zero-order valence-corrected chi connectivity index (χ0v) is 43.7. The summed E-state index contributed by atoms with van der Waals surface area (Å²) in [5, 5.41) is 26.6. The molecule has 18 nitrogen and oxygen atoms in total. The predicted molar refractivity (Wildman–Crippen MR) is 288 cm³/mol. The van der Waals surface area contributed by atoms with Gasteiger partial charge in [-0.05, 0) is 77.9 Å². The van der Waals surface area contributed by atoms with E-state index in [0.717, 1.165) is 22.3 Å². The molecule has 79 heavy (non-hydrogen) atoms. The van der Waals surface area contributed by atoms with E-state index in [4.69, 9.17) is 42.6 Å². The number of azide groups is 1. The summed E-state index contributed by atoms with van der Waals surface area (Å²) in [7, 11) is 0. The SMILES string of the molecule is [N-]=[N+]=NC1C(OCc2ccccc2)[C@H](O[C@@H]2OC(CO)[C@@H](O)C(OCc3ccccc3)C2OC(=O)c2ccccc2)C(COC(=O)c2ccccc2)O[C@H]1OCCCCCN(CC(=O)OCc1ccccc1)Cc1ccccc1. The van der Waals surface area contributed by atoms with Crippen LogP contribution in [0.4, 0.5) is 0 Å². The highest BCUT2D eigenvalue weighted by Crippen LogP contribution is 2.36. The molecule has 6 unspecified atom stereocenters. The van der Waals surface area contributed by atoms with Crippen LogP contribution in [0.1, 0.15) is 62.2 Å². The molecule has 0 radical (unpaired) electrons. The maximum atomic E-state index is 14.0. The number of nitrogens with zero attached hydrogens (tertiary/aromatic N) is 4. The van der Waals surface area contributed by atoms with Gasteiger partial charge in [0.15, 0.2) is 18.7 Å². The molecule has 0 saturated carbocycles. The summed E-state index contributed by atoms with van der Waals surface area (Å²) in [6.45, 7) is 0.325. The fourth-order valence-electron chi connectivity index (χ4n) is 9.27. The minimum absolute atomic E-state index is 0.0237. The highest BCUT2D eigenvalue weighted by molar-refractivity contribution is 5.89. The Balaban J connectivity index is 1.04. The number of benzene rings is 6. The van der Waals surface area contributed by atoms with Crippen LogP contribution in [-0.2, 0) is 73.8 Å². The van der Waals surface area contributed by atoms with Crippen LogP contribution in [0.2, 0.25) is 0 Å². The van der Waals surface area contributed by atoms with E-state index < -0.39 is 86.5 Å². The molecule has 8 rings (SSSR count). The lowest BCUT2D eigenvalue weighted by molar-refractivity contribution is -0.353. The number of hydrogen-bond donors (Lipinski definition) is 2. The van der Waals surface area contributed by atoms with Crippen molar-refractivity contribution < 1.29 is 67.2 Å². The molecule has 2 aliphatic heterocycles. The Labute approximate surface area is 459 Å². The van der Waals surface area contributed by atoms with Crippen LogP contribution in [0.3, 0.4) is 0 Å². The number of carbonyl (C=O) groups excluding carboxylic acids is 3. The van der Waals surface area contributed by atoms with Gasteiger partial charge in [0.25, 0.3) is 0 Å². The fourth-order valence-corrected chi connectivity index (χ4v) is 9.27. The smallest absolute Gasteiger partial charge is 0.338 e. The first-order chi connectivity index (χ1) is 38.8. The number of ether oxygens (including phenoxy) is 9. The molecule has 0 spiro atoms. The number of esters is 3. The van der Waals surface area contributed by atoms with Crippen molar-refractivity contribution in [2.75, 3.05) is 32.9 Å². The molecule has 2 saturated heterocycles. The first-order valence-corrected chi connectivity index (χ1v) is 26.4. The fraction of sp³-hybridized carbons (Fsp3) is 0.361. The van der Waals surface area contributed by atoms with E-state index in [0.29, 0.717) is 32.4 Å². The maximum absolute atomic E-state index is 14.0. The number of aliphatic hydroxyl groups is 2. The first kappa shape index (κ1) is 57.8. The number of carbonyl (C=O) groups is 3. The third-order valence-electron chi connectivity index (χ3n) is 13.3. The van der Waals surface area contributed by atoms with Crippen molar-refractivity contribution in [2.45, 2.75) is 107 Å². The van der Waals surface area contributed by atoms with Crippen LogP contribution >= 0.6 is 0 Å². The Kier molecular flexibility index (Phi) is 22.5. The van der Waals surface area contributed by atoms with E-state index in [1.165, 1.54) is 0 Å². The van der Waals surface area contributed by atoms with Crippen LogP contribution in [0, 0.1) is 0 Å². The molecule has 10 atom stereocenters. The molecule has 2 aliphatic rings. The lowest BCUT2D eigenvalue weighted by Crippen LogP contribution is -2.65. The van der Waals surface area contributed by atoms with Gasteiger partial charge in [0.05, 0.1) is 37.5 Å². The lowest BCUT2D eigenvalue weighted by atomic mass is 9.95. The molecule has 2 N–H and O–H groups in total. The van der Waals surface area contributed by atoms with Crippen LogP contribution in [0.25, 0.3) is 10.4 Å². The predicted octanol–water partition coefficient (Wildman–Crippen LogP) is 8.54. The molecule has 18 heteroatoms. The Bertz CT molecular complexity index is 2800. The quantitative estimate of drug-likeness (QED) is 0.0117. The lowest BCUT2D eigenvalue weighted by Gasteiger charge is -2.48. The minimum atomic E-state index is -1.62. The molecule has 0 amide bonds. The maximum Gasteiger partial charge on any atom is 0.338 e. The number of unbranched alkanes of at least 4 members (excludes halogenated alkanes) is 2. The molecule has 2 fully saturated rings. The monoisotopic (exact) mass is 1080 g/mol. The average molecular weight is 1080 g/mol. The Morgan fingerprint density at radius 2 is 1.08 bits per heavy atom. The molecule has 0 aromatic heterocycles. The van der Waals surface area contributed by atoms with E-state index in [1.807, 2.05) is 126 Å². The van der Waals surface area contributed by atoms with Gasteiger partial charge in [-0.2, -0.15) is 0 Å². The van der Waals surface area contributed by atoms with Crippen molar-refractivity contribution in [3.8, 4) is 0 Å². The summed E-state index contributed by atoms with van der Waals surface area (Å²) in [5.41, 5.74) is 14.1. The van der Waals surface area contributed by atoms with E-state index >= 15 is 0 Å². The summed E-state index contributed by atoms with van der Waals surface area (Å²) in [6.07, 6.45) is -10.5. The third kappa shape index (κ3) is 17.3. The van der Waals surface area contributed by atoms with Gasteiger partial charge in [-0.25, -0.2) is 9.59 Å². The van der Waals surface area contributed by atoms with Gasteiger partial charge in [0, 0.05) is 18.1 Å². The van der Waals surface area contributed by atoms with Crippen LogP contribution in [-0.4, -0.2) is 127 Å². The van der Waals surface area contributed by atoms with Crippen molar-refractivity contribution in [1.29, 1.82) is 0 Å². The summed E-state index contributed by atoms with van der Waals surface area (Å²) >= 11 is 0.